The Morgan fingerprint density at radius 1 is 1.42 bits per heavy atom. The van der Waals surface area contributed by atoms with Crippen LogP contribution in [0.2, 0.25) is 0 Å². The molecule has 1 aliphatic heterocycles. The molecule has 0 unspecified atom stereocenters. The fourth-order valence-electron chi connectivity index (χ4n) is 2.07. The zero-order chi connectivity index (χ0) is 13.2. The second kappa shape index (κ2) is 4.68. The number of hydrogen-bond acceptors (Lipinski definition) is 4. The lowest BCUT2D eigenvalue weighted by Crippen LogP contribution is -2.16. The van der Waals surface area contributed by atoms with Crippen molar-refractivity contribution in [1.29, 1.82) is 0 Å². The van der Waals surface area contributed by atoms with E-state index in [0.717, 1.165) is 11.0 Å². The summed E-state index contributed by atoms with van der Waals surface area (Å²) in [6, 6.07) is 7.71. The maximum Gasteiger partial charge on any atom is 0.340 e. The molecule has 2 aromatic rings. The fourth-order valence-corrected chi connectivity index (χ4v) is 2.07. The van der Waals surface area contributed by atoms with Crippen LogP contribution in [0.25, 0.3) is 11.0 Å². The number of aliphatic imine (C=N–C) groups is 1. The van der Waals surface area contributed by atoms with Crippen molar-refractivity contribution in [3.8, 4) is 0 Å². The van der Waals surface area contributed by atoms with Crippen LogP contribution in [0.15, 0.2) is 40.9 Å². The number of carbonyl (C=O) groups excluding carboxylic acids is 1. The van der Waals surface area contributed by atoms with Crippen molar-refractivity contribution in [2.24, 2.45) is 4.99 Å². The molecule has 0 saturated carbocycles. The highest BCUT2D eigenvalue weighted by Gasteiger charge is 2.24. The predicted octanol–water partition coefficient (Wildman–Crippen LogP) is 1.86. The van der Waals surface area contributed by atoms with Crippen LogP contribution in [0.4, 0.5) is 0 Å². The van der Waals surface area contributed by atoms with Crippen LogP contribution in [0.5, 0.6) is 0 Å². The van der Waals surface area contributed by atoms with E-state index in [9.17, 15) is 4.79 Å². The maximum atomic E-state index is 11.8. The number of hydrogen-bond donors (Lipinski definition) is 1. The van der Waals surface area contributed by atoms with E-state index in [-0.39, 0.29) is 5.97 Å². The average Bonchev–Trinajstić information content (AvgIpc) is 3.05. The van der Waals surface area contributed by atoms with Gasteiger partial charge in [-0.05, 0) is 25.1 Å². The van der Waals surface area contributed by atoms with Crippen molar-refractivity contribution in [3.63, 3.8) is 0 Å². The number of aromatic amines is 1. The van der Waals surface area contributed by atoms with Crippen LogP contribution in [-0.2, 0) is 9.53 Å². The first kappa shape index (κ1) is 11.6. The highest BCUT2D eigenvalue weighted by molar-refractivity contribution is 6.27. The molecule has 0 bridgehead atoms. The van der Waals surface area contributed by atoms with Crippen LogP contribution in [0, 0.1) is 0 Å². The van der Waals surface area contributed by atoms with Crippen LogP contribution in [0.3, 0.4) is 0 Å². The molecule has 1 aliphatic rings. The lowest BCUT2D eigenvalue weighted by Gasteiger charge is -2.03. The molecule has 19 heavy (non-hydrogen) atoms. The van der Waals surface area contributed by atoms with E-state index < -0.39 is 0 Å². The Hall–Kier alpha value is -2.43. The Balaban J connectivity index is 1.97. The lowest BCUT2D eigenvalue weighted by molar-refractivity contribution is -0.137. The van der Waals surface area contributed by atoms with Gasteiger partial charge in [0.05, 0.1) is 29.8 Å². The second-order valence-electron chi connectivity index (χ2n) is 4.13. The number of esters is 1. The third kappa shape index (κ3) is 2.03. The molecule has 0 spiro atoms. The minimum Gasteiger partial charge on any atom is -0.462 e. The van der Waals surface area contributed by atoms with Crippen molar-refractivity contribution in [1.82, 2.24) is 9.97 Å². The quantitative estimate of drug-likeness (QED) is 0.851. The van der Waals surface area contributed by atoms with Crippen molar-refractivity contribution < 1.29 is 9.53 Å². The topological polar surface area (TPSA) is 67.3 Å². The molecule has 3 rings (SSSR count). The van der Waals surface area contributed by atoms with Gasteiger partial charge < -0.3 is 9.72 Å². The number of carbonyl (C=O) groups is 1. The zero-order valence-corrected chi connectivity index (χ0v) is 10.5. The Morgan fingerprint density at radius 2 is 2.26 bits per heavy atom. The summed E-state index contributed by atoms with van der Waals surface area (Å²) in [4.78, 5) is 23.8. The van der Waals surface area contributed by atoms with Crippen LogP contribution in [-0.4, -0.2) is 34.8 Å². The molecule has 2 heterocycles. The SMILES string of the molecule is CCOC(=O)C1=CCN=C1c1nc2ccccc2[nH]1. The van der Waals surface area contributed by atoms with Gasteiger partial charge in [0.15, 0.2) is 5.82 Å². The van der Waals surface area contributed by atoms with E-state index in [1.165, 1.54) is 0 Å². The van der Waals surface area contributed by atoms with Gasteiger partial charge in [-0.2, -0.15) is 0 Å². The van der Waals surface area contributed by atoms with Crippen LogP contribution in [0.1, 0.15) is 12.7 Å². The molecule has 0 aliphatic carbocycles. The number of para-hydroxylation sites is 2. The van der Waals surface area contributed by atoms with Gasteiger partial charge in [0.2, 0.25) is 0 Å². The molecule has 1 N–H and O–H groups in total. The van der Waals surface area contributed by atoms with Gasteiger partial charge in [-0.15, -0.1) is 0 Å². The molecular weight excluding hydrogens is 242 g/mol. The molecule has 0 saturated heterocycles. The Kier molecular flexibility index (Phi) is 2.87. The van der Waals surface area contributed by atoms with Crippen LogP contribution >= 0.6 is 0 Å². The molecule has 1 aromatic heterocycles. The first-order valence-corrected chi connectivity index (χ1v) is 6.17. The van der Waals surface area contributed by atoms with Gasteiger partial charge >= 0.3 is 5.97 Å². The third-order valence-electron chi connectivity index (χ3n) is 2.91. The predicted molar refractivity (Wildman–Crippen MR) is 72.2 cm³/mol. The molecular formula is C14H13N3O2. The monoisotopic (exact) mass is 255 g/mol. The smallest absolute Gasteiger partial charge is 0.340 e. The maximum absolute atomic E-state index is 11.8. The van der Waals surface area contributed by atoms with E-state index >= 15 is 0 Å². The number of benzene rings is 1. The molecule has 0 amide bonds. The van der Waals surface area contributed by atoms with E-state index in [0.29, 0.717) is 30.3 Å². The molecule has 1 aromatic carbocycles. The Bertz CT molecular complexity index is 665. The number of ether oxygens (including phenoxy) is 1. The summed E-state index contributed by atoms with van der Waals surface area (Å²) in [6.45, 7) is 2.62. The molecule has 0 fully saturated rings. The van der Waals surface area contributed by atoms with Gasteiger partial charge in [0.1, 0.15) is 5.71 Å². The number of imidazole rings is 1. The summed E-state index contributed by atoms with van der Waals surface area (Å²) in [5.41, 5.74) is 2.85. The number of H-pyrrole nitrogens is 1. The highest BCUT2D eigenvalue weighted by atomic mass is 16.5. The number of fused-ring (bicyclic) bond motifs is 1. The zero-order valence-electron chi connectivity index (χ0n) is 10.5. The number of aromatic nitrogens is 2. The summed E-state index contributed by atoms with van der Waals surface area (Å²) < 4.78 is 5.02. The van der Waals surface area contributed by atoms with Crippen molar-refractivity contribution >= 4 is 22.7 Å². The molecule has 0 atom stereocenters. The van der Waals surface area contributed by atoms with E-state index in [4.69, 9.17) is 4.74 Å². The molecule has 96 valence electrons. The van der Waals surface area contributed by atoms with Crippen LogP contribution < -0.4 is 0 Å². The van der Waals surface area contributed by atoms with Gasteiger partial charge in [0.25, 0.3) is 0 Å². The van der Waals surface area contributed by atoms with Crippen molar-refractivity contribution in [2.45, 2.75) is 6.92 Å². The van der Waals surface area contributed by atoms with Gasteiger partial charge in [-0.3, -0.25) is 4.99 Å². The minimum atomic E-state index is -0.348. The standard InChI is InChI=1S/C14H13N3O2/c1-2-19-14(18)9-7-8-15-12(9)13-16-10-5-3-4-6-11(10)17-13/h3-7H,2,8H2,1H3,(H,16,17). The number of nitrogens with zero attached hydrogens (tertiary/aromatic N) is 2. The van der Waals surface area contributed by atoms with E-state index in [2.05, 4.69) is 15.0 Å². The summed E-state index contributed by atoms with van der Waals surface area (Å²) in [7, 11) is 0. The minimum absolute atomic E-state index is 0.348. The average molecular weight is 255 g/mol. The van der Waals surface area contributed by atoms with Gasteiger partial charge in [-0.1, -0.05) is 12.1 Å². The molecule has 5 heteroatoms. The number of nitrogens with one attached hydrogen (secondary N) is 1. The van der Waals surface area contributed by atoms with E-state index in [1.54, 1.807) is 13.0 Å². The van der Waals surface area contributed by atoms with E-state index in [1.807, 2.05) is 24.3 Å². The first-order valence-electron chi connectivity index (χ1n) is 6.17. The molecule has 5 nitrogen and oxygen atoms in total. The Labute approximate surface area is 110 Å². The Morgan fingerprint density at radius 3 is 3.05 bits per heavy atom. The molecule has 0 radical (unpaired) electrons. The van der Waals surface area contributed by atoms with Gasteiger partial charge in [-0.25, -0.2) is 9.78 Å². The lowest BCUT2D eigenvalue weighted by atomic mass is 10.1. The fraction of sp³-hybridized carbons (Fsp3) is 0.214. The number of rotatable bonds is 3. The summed E-state index contributed by atoms with van der Waals surface area (Å²) in [5.74, 6) is 0.261. The summed E-state index contributed by atoms with van der Waals surface area (Å²) in [6.07, 6.45) is 1.76. The summed E-state index contributed by atoms with van der Waals surface area (Å²) >= 11 is 0. The largest absolute Gasteiger partial charge is 0.462 e. The van der Waals surface area contributed by atoms with Gasteiger partial charge in [0, 0.05) is 0 Å². The van der Waals surface area contributed by atoms with Crippen molar-refractivity contribution in [2.75, 3.05) is 13.2 Å². The normalized spacial score (nSPS) is 14.4. The summed E-state index contributed by atoms with van der Waals surface area (Å²) in [5, 5.41) is 0. The third-order valence-corrected chi connectivity index (χ3v) is 2.91. The first-order chi connectivity index (χ1) is 9.29. The second-order valence-corrected chi connectivity index (χ2v) is 4.13. The highest BCUT2D eigenvalue weighted by Crippen LogP contribution is 2.17. The van der Waals surface area contributed by atoms with Crippen molar-refractivity contribution in [3.05, 3.63) is 41.7 Å².